The first kappa shape index (κ1) is 20.5. The lowest BCUT2D eigenvalue weighted by atomic mass is 10.00. The molecule has 3 heterocycles. The number of aromatic nitrogens is 2. The number of ether oxygens (including phenoxy) is 1. The van der Waals surface area contributed by atoms with Gasteiger partial charge in [-0.2, -0.15) is 5.26 Å². The molecule has 30 heavy (non-hydrogen) atoms. The topological polar surface area (TPSA) is 74.1 Å². The van der Waals surface area contributed by atoms with Gasteiger partial charge in [-0.05, 0) is 37.1 Å². The number of nitrogens with one attached hydrogen (secondary N) is 1. The summed E-state index contributed by atoms with van der Waals surface area (Å²) >= 11 is 1.58. The molecular weight excluding hydrogens is 394 g/mol. The van der Waals surface area contributed by atoms with Gasteiger partial charge in [0.2, 0.25) is 0 Å². The van der Waals surface area contributed by atoms with E-state index in [9.17, 15) is 0 Å². The minimum Gasteiger partial charge on any atom is -0.375 e. The van der Waals surface area contributed by atoms with Crippen LogP contribution in [0, 0.1) is 11.3 Å². The molecule has 7 heteroatoms. The fourth-order valence-electron chi connectivity index (χ4n) is 3.71. The molecule has 6 nitrogen and oxygen atoms in total. The van der Waals surface area contributed by atoms with Crippen LogP contribution in [0.4, 0.5) is 10.9 Å². The number of benzene rings is 1. The highest BCUT2D eigenvalue weighted by Gasteiger charge is 2.25. The first-order valence-corrected chi connectivity index (χ1v) is 11.1. The van der Waals surface area contributed by atoms with E-state index in [0.29, 0.717) is 30.6 Å². The summed E-state index contributed by atoms with van der Waals surface area (Å²) in [4.78, 5) is 11.6. The number of thiazole rings is 1. The second-order valence-corrected chi connectivity index (χ2v) is 8.19. The van der Waals surface area contributed by atoms with Crippen molar-refractivity contribution >= 4 is 22.3 Å². The van der Waals surface area contributed by atoms with Crippen LogP contribution in [0.2, 0.25) is 0 Å². The molecule has 1 fully saturated rings. The highest BCUT2D eigenvalue weighted by molar-refractivity contribution is 7.13. The van der Waals surface area contributed by atoms with Gasteiger partial charge in [0, 0.05) is 18.1 Å². The summed E-state index contributed by atoms with van der Waals surface area (Å²) in [6.45, 7) is 3.35. The Hall–Kier alpha value is -2.79. The maximum absolute atomic E-state index is 9.05. The van der Waals surface area contributed by atoms with Crippen molar-refractivity contribution in [2.45, 2.75) is 31.9 Å². The average Bonchev–Trinajstić information content (AvgIpc) is 3.26. The molecule has 0 amide bonds. The third kappa shape index (κ3) is 5.42. The normalized spacial score (nSPS) is 16.8. The van der Waals surface area contributed by atoms with Crippen molar-refractivity contribution in [1.29, 1.82) is 5.26 Å². The first-order chi connectivity index (χ1) is 14.8. The van der Waals surface area contributed by atoms with Crippen LogP contribution in [0.5, 0.6) is 0 Å². The Morgan fingerprint density at radius 2 is 2.13 bits per heavy atom. The highest BCUT2D eigenvalue weighted by Crippen LogP contribution is 2.33. The Morgan fingerprint density at radius 3 is 3.00 bits per heavy atom. The summed E-state index contributed by atoms with van der Waals surface area (Å²) < 4.78 is 5.91. The largest absolute Gasteiger partial charge is 0.375 e. The monoisotopic (exact) mass is 419 g/mol. The van der Waals surface area contributed by atoms with E-state index in [2.05, 4.69) is 38.8 Å². The molecule has 0 radical (unpaired) electrons. The summed E-state index contributed by atoms with van der Waals surface area (Å²) in [6.07, 6.45) is 5.19. The van der Waals surface area contributed by atoms with Crippen molar-refractivity contribution < 1.29 is 4.74 Å². The van der Waals surface area contributed by atoms with Gasteiger partial charge in [-0.3, -0.25) is 4.90 Å². The number of nitrogens with zero attached hydrogens (tertiary/aromatic N) is 4. The van der Waals surface area contributed by atoms with Crippen LogP contribution in [0.3, 0.4) is 0 Å². The molecule has 1 atom stereocenters. The molecule has 1 aromatic carbocycles. The SMILES string of the molecule is N#Cc1ccnc(Nc2nc(C3CCCCN3CCOCc3ccccc3)cs2)c1. The van der Waals surface area contributed by atoms with Crippen molar-refractivity contribution in [2.75, 3.05) is 25.0 Å². The van der Waals surface area contributed by atoms with E-state index in [1.165, 1.54) is 18.4 Å². The zero-order valence-corrected chi connectivity index (χ0v) is 17.6. The van der Waals surface area contributed by atoms with Gasteiger partial charge in [0.05, 0.1) is 36.6 Å². The van der Waals surface area contributed by atoms with Crippen LogP contribution in [-0.4, -0.2) is 34.6 Å². The zero-order chi connectivity index (χ0) is 20.6. The van der Waals surface area contributed by atoms with Gasteiger partial charge >= 0.3 is 0 Å². The minimum atomic E-state index is 0.323. The predicted octanol–water partition coefficient (Wildman–Crippen LogP) is 4.90. The lowest BCUT2D eigenvalue weighted by molar-refractivity contribution is 0.0629. The van der Waals surface area contributed by atoms with Gasteiger partial charge in [-0.15, -0.1) is 11.3 Å². The van der Waals surface area contributed by atoms with Gasteiger partial charge in [0.25, 0.3) is 0 Å². The molecule has 1 unspecified atom stereocenters. The molecule has 1 saturated heterocycles. The van der Waals surface area contributed by atoms with Crippen LogP contribution in [0.25, 0.3) is 0 Å². The molecule has 1 aliphatic heterocycles. The average molecular weight is 420 g/mol. The molecule has 1 N–H and O–H groups in total. The number of piperidine rings is 1. The van der Waals surface area contributed by atoms with E-state index in [-0.39, 0.29) is 0 Å². The van der Waals surface area contributed by atoms with Crippen molar-refractivity contribution in [1.82, 2.24) is 14.9 Å². The van der Waals surface area contributed by atoms with E-state index < -0.39 is 0 Å². The van der Waals surface area contributed by atoms with Crippen molar-refractivity contribution in [3.63, 3.8) is 0 Å². The number of hydrogen-bond donors (Lipinski definition) is 1. The third-order valence-corrected chi connectivity index (χ3v) is 6.01. The predicted molar refractivity (Wildman–Crippen MR) is 119 cm³/mol. The summed E-state index contributed by atoms with van der Waals surface area (Å²) in [5, 5.41) is 15.2. The number of rotatable bonds is 8. The van der Waals surface area contributed by atoms with Crippen LogP contribution in [-0.2, 0) is 11.3 Å². The number of nitriles is 1. The van der Waals surface area contributed by atoms with Gasteiger partial charge in [0.1, 0.15) is 5.82 Å². The molecule has 0 saturated carbocycles. The molecule has 2 aromatic heterocycles. The summed E-state index contributed by atoms with van der Waals surface area (Å²) in [5.74, 6) is 0.643. The fraction of sp³-hybridized carbons (Fsp3) is 0.348. The lowest BCUT2D eigenvalue weighted by Gasteiger charge is -2.34. The van der Waals surface area contributed by atoms with Crippen LogP contribution in [0.15, 0.2) is 54.0 Å². The number of hydrogen-bond acceptors (Lipinski definition) is 7. The maximum Gasteiger partial charge on any atom is 0.188 e. The van der Waals surface area contributed by atoms with E-state index in [1.54, 1.807) is 29.7 Å². The standard InChI is InChI=1S/C23H25N5OS/c24-15-19-9-10-25-22(14-19)27-23-26-20(17-30-23)21-8-4-5-11-28(21)12-13-29-16-18-6-2-1-3-7-18/h1-3,6-7,9-10,14,17,21H,4-5,8,11-13,16H2,(H,25,26,27). The molecular formula is C23H25N5OS. The Morgan fingerprint density at radius 1 is 1.23 bits per heavy atom. The second kappa shape index (κ2) is 10.3. The quantitative estimate of drug-likeness (QED) is 0.524. The Bertz CT molecular complexity index is 985. The van der Waals surface area contributed by atoms with Crippen molar-refractivity contribution in [2.24, 2.45) is 0 Å². The number of anilines is 2. The van der Waals surface area contributed by atoms with Gasteiger partial charge < -0.3 is 10.1 Å². The zero-order valence-electron chi connectivity index (χ0n) is 16.8. The second-order valence-electron chi connectivity index (χ2n) is 7.33. The fourth-order valence-corrected chi connectivity index (χ4v) is 4.48. The van der Waals surface area contributed by atoms with Gasteiger partial charge in [-0.25, -0.2) is 9.97 Å². The van der Waals surface area contributed by atoms with E-state index in [0.717, 1.165) is 30.3 Å². The molecule has 3 aromatic rings. The third-order valence-electron chi connectivity index (χ3n) is 5.24. The van der Waals surface area contributed by atoms with Crippen LogP contribution < -0.4 is 5.32 Å². The van der Waals surface area contributed by atoms with Crippen LogP contribution in [0.1, 0.15) is 42.1 Å². The molecule has 0 aliphatic carbocycles. The van der Waals surface area contributed by atoms with E-state index >= 15 is 0 Å². The van der Waals surface area contributed by atoms with Gasteiger partial charge in [0.15, 0.2) is 5.13 Å². The Balaban J connectivity index is 1.34. The highest BCUT2D eigenvalue weighted by atomic mass is 32.1. The maximum atomic E-state index is 9.05. The molecule has 154 valence electrons. The van der Waals surface area contributed by atoms with E-state index in [4.69, 9.17) is 15.0 Å². The molecule has 4 rings (SSSR count). The van der Waals surface area contributed by atoms with E-state index in [1.807, 2.05) is 18.2 Å². The van der Waals surface area contributed by atoms with Crippen LogP contribution >= 0.6 is 11.3 Å². The molecule has 0 bridgehead atoms. The molecule has 1 aliphatic rings. The van der Waals surface area contributed by atoms with Crippen molar-refractivity contribution in [3.8, 4) is 6.07 Å². The summed E-state index contributed by atoms with van der Waals surface area (Å²) in [5.41, 5.74) is 2.89. The Kier molecular flexibility index (Phi) is 7.03. The Labute approximate surface area is 181 Å². The smallest absolute Gasteiger partial charge is 0.188 e. The number of pyridine rings is 1. The first-order valence-electron chi connectivity index (χ1n) is 10.3. The number of likely N-dealkylation sites (tertiary alicyclic amines) is 1. The molecule has 0 spiro atoms. The van der Waals surface area contributed by atoms with Gasteiger partial charge in [-0.1, -0.05) is 36.8 Å². The van der Waals surface area contributed by atoms with Crippen molar-refractivity contribution in [3.05, 3.63) is 70.9 Å². The summed E-state index contributed by atoms with van der Waals surface area (Å²) in [7, 11) is 0. The minimum absolute atomic E-state index is 0.323. The summed E-state index contributed by atoms with van der Waals surface area (Å²) in [6, 6.07) is 16.2. The lowest BCUT2D eigenvalue weighted by Crippen LogP contribution is -2.36.